The Balaban J connectivity index is 1.45. The monoisotopic (exact) mass is 403 g/mol. The summed E-state index contributed by atoms with van der Waals surface area (Å²) in [7, 11) is 0. The number of rotatable bonds is 4. The summed E-state index contributed by atoms with van der Waals surface area (Å²) in [5.74, 6) is -0.410. The number of piperidine rings is 1. The van der Waals surface area contributed by atoms with Crippen molar-refractivity contribution in [1.82, 2.24) is 4.90 Å². The van der Waals surface area contributed by atoms with Gasteiger partial charge in [-0.1, -0.05) is 12.8 Å². The zero-order chi connectivity index (χ0) is 19.7. The van der Waals surface area contributed by atoms with Gasteiger partial charge in [0.1, 0.15) is 5.00 Å². The SMILES string of the molecule is NC(=O)c1c(NC(=O)C2CCCN(C(=O)C3CCCC3)C2)sc2c1CCCC2. The summed E-state index contributed by atoms with van der Waals surface area (Å²) in [5.41, 5.74) is 7.16. The van der Waals surface area contributed by atoms with E-state index in [-0.39, 0.29) is 23.7 Å². The Morgan fingerprint density at radius 3 is 2.43 bits per heavy atom. The molecule has 2 aliphatic carbocycles. The first kappa shape index (κ1) is 19.4. The van der Waals surface area contributed by atoms with Gasteiger partial charge in [0.15, 0.2) is 0 Å². The summed E-state index contributed by atoms with van der Waals surface area (Å²) in [5, 5.41) is 3.59. The molecule has 3 N–H and O–H groups in total. The van der Waals surface area contributed by atoms with E-state index < -0.39 is 5.91 Å². The number of thiophene rings is 1. The van der Waals surface area contributed by atoms with Gasteiger partial charge in [-0.2, -0.15) is 0 Å². The summed E-state index contributed by atoms with van der Waals surface area (Å²) in [4.78, 5) is 40.8. The summed E-state index contributed by atoms with van der Waals surface area (Å²) in [6.45, 7) is 1.23. The molecule has 4 rings (SSSR count). The van der Waals surface area contributed by atoms with Crippen molar-refractivity contribution in [3.8, 4) is 0 Å². The molecule has 152 valence electrons. The van der Waals surface area contributed by atoms with Gasteiger partial charge in [-0.25, -0.2) is 0 Å². The van der Waals surface area contributed by atoms with E-state index in [0.717, 1.165) is 76.3 Å². The molecule has 6 nitrogen and oxygen atoms in total. The van der Waals surface area contributed by atoms with Gasteiger partial charge in [-0.05, 0) is 56.9 Å². The Morgan fingerprint density at radius 1 is 0.964 bits per heavy atom. The molecule has 28 heavy (non-hydrogen) atoms. The molecule has 1 aliphatic heterocycles. The third-order valence-corrected chi connectivity index (χ3v) is 7.67. The third-order valence-electron chi connectivity index (χ3n) is 6.46. The normalized spacial score (nSPS) is 22.7. The van der Waals surface area contributed by atoms with Gasteiger partial charge >= 0.3 is 0 Å². The molecule has 3 amide bonds. The number of likely N-dealkylation sites (tertiary alicyclic amines) is 1. The summed E-state index contributed by atoms with van der Waals surface area (Å²) in [6, 6.07) is 0. The van der Waals surface area contributed by atoms with Gasteiger partial charge in [0.05, 0.1) is 11.5 Å². The number of carbonyl (C=O) groups is 3. The number of nitrogens with one attached hydrogen (secondary N) is 1. The third kappa shape index (κ3) is 3.81. The highest BCUT2D eigenvalue weighted by Crippen LogP contribution is 2.38. The van der Waals surface area contributed by atoms with Gasteiger partial charge in [0.25, 0.3) is 5.91 Å². The van der Waals surface area contributed by atoms with Crippen molar-refractivity contribution in [3.05, 3.63) is 16.0 Å². The molecular formula is C21H29N3O3S. The van der Waals surface area contributed by atoms with Crippen LogP contribution < -0.4 is 11.1 Å². The van der Waals surface area contributed by atoms with E-state index in [4.69, 9.17) is 5.73 Å². The van der Waals surface area contributed by atoms with Crippen LogP contribution in [-0.4, -0.2) is 35.7 Å². The second-order valence-electron chi connectivity index (χ2n) is 8.37. The van der Waals surface area contributed by atoms with Crippen molar-refractivity contribution in [3.63, 3.8) is 0 Å². The highest BCUT2D eigenvalue weighted by atomic mass is 32.1. The molecule has 0 radical (unpaired) electrons. The van der Waals surface area contributed by atoms with E-state index in [1.807, 2.05) is 4.90 Å². The maximum atomic E-state index is 13.0. The molecule has 3 aliphatic rings. The molecule has 0 spiro atoms. The van der Waals surface area contributed by atoms with Crippen molar-refractivity contribution < 1.29 is 14.4 Å². The number of amides is 3. The molecule has 0 aromatic carbocycles. The molecule has 1 atom stereocenters. The second kappa shape index (κ2) is 8.23. The van der Waals surface area contributed by atoms with Crippen LogP contribution in [0, 0.1) is 11.8 Å². The number of hydrogen-bond donors (Lipinski definition) is 2. The Hall–Kier alpha value is -1.89. The number of nitrogens with zero attached hydrogens (tertiary/aromatic N) is 1. The number of hydrogen-bond acceptors (Lipinski definition) is 4. The van der Waals surface area contributed by atoms with Crippen LogP contribution >= 0.6 is 11.3 Å². The van der Waals surface area contributed by atoms with Crippen molar-refractivity contribution in [1.29, 1.82) is 0 Å². The van der Waals surface area contributed by atoms with Crippen molar-refractivity contribution >= 4 is 34.1 Å². The molecule has 1 unspecified atom stereocenters. The minimum absolute atomic E-state index is 0.0926. The first-order valence-corrected chi connectivity index (χ1v) is 11.4. The van der Waals surface area contributed by atoms with Gasteiger partial charge in [-0.3, -0.25) is 14.4 Å². The molecule has 2 heterocycles. The van der Waals surface area contributed by atoms with Crippen LogP contribution in [-0.2, 0) is 22.4 Å². The maximum absolute atomic E-state index is 13.0. The highest BCUT2D eigenvalue weighted by molar-refractivity contribution is 7.17. The van der Waals surface area contributed by atoms with Gasteiger partial charge in [-0.15, -0.1) is 11.3 Å². The lowest BCUT2D eigenvalue weighted by molar-refractivity contribution is -0.138. The molecule has 1 saturated carbocycles. The quantitative estimate of drug-likeness (QED) is 0.809. The fraction of sp³-hybridized carbons (Fsp3) is 0.667. The first-order chi connectivity index (χ1) is 13.5. The van der Waals surface area contributed by atoms with Crippen molar-refractivity contribution in [2.24, 2.45) is 17.6 Å². The van der Waals surface area contributed by atoms with Crippen LogP contribution in [0.1, 0.15) is 72.2 Å². The summed E-state index contributed by atoms with van der Waals surface area (Å²) < 4.78 is 0. The van der Waals surface area contributed by atoms with Crippen LogP contribution in [0.4, 0.5) is 5.00 Å². The number of anilines is 1. The molecule has 1 saturated heterocycles. The van der Waals surface area contributed by atoms with Crippen LogP contribution in [0.2, 0.25) is 0 Å². The van der Waals surface area contributed by atoms with Gasteiger partial charge < -0.3 is 16.0 Å². The Kier molecular flexibility index (Phi) is 5.71. The lowest BCUT2D eigenvalue weighted by Crippen LogP contribution is -2.45. The lowest BCUT2D eigenvalue weighted by Gasteiger charge is -2.33. The Labute approximate surface area is 169 Å². The average Bonchev–Trinajstić information content (AvgIpc) is 3.35. The number of carbonyl (C=O) groups excluding carboxylic acids is 3. The van der Waals surface area contributed by atoms with Crippen LogP contribution in [0.15, 0.2) is 0 Å². The highest BCUT2D eigenvalue weighted by Gasteiger charge is 2.34. The minimum Gasteiger partial charge on any atom is -0.365 e. The van der Waals surface area contributed by atoms with E-state index in [1.54, 1.807) is 0 Å². The van der Waals surface area contributed by atoms with Crippen LogP contribution in [0.25, 0.3) is 0 Å². The second-order valence-corrected chi connectivity index (χ2v) is 9.48. The van der Waals surface area contributed by atoms with Gasteiger partial charge in [0, 0.05) is 23.9 Å². The molecule has 1 aromatic heterocycles. The predicted octanol–water partition coefficient (Wildman–Crippen LogP) is 3.09. The van der Waals surface area contributed by atoms with E-state index >= 15 is 0 Å². The molecular weight excluding hydrogens is 374 g/mol. The van der Waals surface area contributed by atoms with E-state index in [9.17, 15) is 14.4 Å². The van der Waals surface area contributed by atoms with E-state index in [2.05, 4.69) is 5.32 Å². The standard InChI is InChI=1S/C21H29N3O3S/c22-18(25)17-15-9-3-4-10-16(15)28-20(17)23-19(26)14-8-5-11-24(12-14)21(27)13-6-1-2-7-13/h13-14H,1-12H2,(H2,22,25)(H,23,26). The lowest BCUT2D eigenvalue weighted by atomic mass is 9.94. The smallest absolute Gasteiger partial charge is 0.251 e. The fourth-order valence-electron chi connectivity index (χ4n) is 4.95. The number of aryl methyl sites for hydroxylation is 1. The van der Waals surface area contributed by atoms with E-state index in [0.29, 0.717) is 17.1 Å². The molecule has 0 bridgehead atoms. The minimum atomic E-state index is -0.462. The fourth-order valence-corrected chi connectivity index (χ4v) is 6.25. The largest absolute Gasteiger partial charge is 0.365 e. The zero-order valence-corrected chi connectivity index (χ0v) is 17.1. The zero-order valence-electron chi connectivity index (χ0n) is 16.3. The topological polar surface area (TPSA) is 92.5 Å². The van der Waals surface area contributed by atoms with E-state index in [1.165, 1.54) is 16.2 Å². The number of fused-ring (bicyclic) bond motifs is 1. The van der Waals surface area contributed by atoms with Crippen LogP contribution in [0.5, 0.6) is 0 Å². The Bertz CT molecular complexity index is 782. The summed E-state index contributed by atoms with van der Waals surface area (Å²) >= 11 is 1.50. The number of primary amides is 1. The van der Waals surface area contributed by atoms with Gasteiger partial charge in [0.2, 0.25) is 11.8 Å². The molecule has 2 fully saturated rings. The average molecular weight is 404 g/mol. The Morgan fingerprint density at radius 2 is 1.68 bits per heavy atom. The number of nitrogens with two attached hydrogens (primary N) is 1. The van der Waals surface area contributed by atoms with Crippen molar-refractivity contribution in [2.75, 3.05) is 18.4 Å². The maximum Gasteiger partial charge on any atom is 0.251 e. The molecule has 7 heteroatoms. The predicted molar refractivity (Wildman–Crippen MR) is 109 cm³/mol. The summed E-state index contributed by atoms with van der Waals surface area (Å²) in [6.07, 6.45) is 9.82. The van der Waals surface area contributed by atoms with Crippen LogP contribution in [0.3, 0.4) is 0 Å². The first-order valence-electron chi connectivity index (χ1n) is 10.6. The van der Waals surface area contributed by atoms with Crippen molar-refractivity contribution in [2.45, 2.75) is 64.2 Å². The molecule has 1 aromatic rings.